The van der Waals surface area contributed by atoms with Crippen LogP contribution in [0.5, 0.6) is 11.5 Å². The summed E-state index contributed by atoms with van der Waals surface area (Å²) in [6.07, 6.45) is 3.27. The van der Waals surface area contributed by atoms with Crippen molar-refractivity contribution in [2.75, 3.05) is 38.5 Å². The molecule has 0 saturated heterocycles. The molecule has 1 aromatic carbocycles. The summed E-state index contributed by atoms with van der Waals surface area (Å²) in [5, 5.41) is 3.54. The summed E-state index contributed by atoms with van der Waals surface area (Å²) in [6, 6.07) is 12.8. The zero-order valence-electron chi connectivity index (χ0n) is 17.4. The smallest absolute Gasteiger partial charge is 0.258 e. The van der Waals surface area contributed by atoms with Crippen LogP contribution < -0.4 is 19.7 Å². The largest absolute Gasteiger partial charge is 0.497 e. The number of amides is 1. The number of ether oxygens (including phenoxy) is 2. The van der Waals surface area contributed by atoms with E-state index in [1.54, 1.807) is 44.8 Å². The predicted molar refractivity (Wildman–Crippen MR) is 120 cm³/mol. The first-order chi connectivity index (χ1) is 14.5. The van der Waals surface area contributed by atoms with Gasteiger partial charge >= 0.3 is 0 Å². The van der Waals surface area contributed by atoms with Gasteiger partial charge in [-0.15, -0.1) is 11.8 Å². The minimum absolute atomic E-state index is 0.219. The van der Waals surface area contributed by atoms with E-state index in [0.29, 0.717) is 22.0 Å². The van der Waals surface area contributed by atoms with Gasteiger partial charge in [-0.1, -0.05) is 6.07 Å². The number of hydrogen-bond donors (Lipinski definition) is 1. The van der Waals surface area contributed by atoms with Crippen LogP contribution in [0.3, 0.4) is 0 Å². The van der Waals surface area contributed by atoms with Crippen molar-refractivity contribution in [3.63, 3.8) is 0 Å². The van der Waals surface area contributed by atoms with Crippen LogP contribution >= 0.6 is 11.8 Å². The van der Waals surface area contributed by atoms with E-state index >= 15 is 0 Å². The molecule has 0 atom stereocenters. The molecule has 3 rings (SSSR count). The molecule has 2 aromatic heterocycles. The number of aromatic nitrogens is 2. The molecule has 1 N–H and O–H groups in total. The minimum Gasteiger partial charge on any atom is -0.497 e. The monoisotopic (exact) mass is 424 g/mol. The SMILES string of the molecule is COc1ccc(CSc2nc(N(C)C)ccc2C(=O)Nc2ccncc2)c(OC)c1. The van der Waals surface area contributed by atoms with E-state index in [-0.39, 0.29) is 5.91 Å². The zero-order chi connectivity index (χ0) is 21.5. The Morgan fingerprint density at radius 3 is 2.50 bits per heavy atom. The van der Waals surface area contributed by atoms with Crippen molar-refractivity contribution in [3.8, 4) is 11.5 Å². The lowest BCUT2D eigenvalue weighted by Gasteiger charge is -2.16. The van der Waals surface area contributed by atoms with Crippen molar-refractivity contribution in [1.82, 2.24) is 9.97 Å². The van der Waals surface area contributed by atoms with Gasteiger partial charge in [0.2, 0.25) is 0 Å². The van der Waals surface area contributed by atoms with Crippen molar-refractivity contribution >= 4 is 29.2 Å². The molecule has 156 valence electrons. The fraction of sp³-hybridized carbons (Fsp3) is 0.227. The van der Waals surface area contributed by atoms with Crippen molar-refractivity contribution in [1.29, 1.82) is 0 Å². The fourth-order valence-electron chi connectivity index (χ4n) is 2.71. The molecule has 30 heavy (non-hydrogen) atoms. The van der Waals surface area contributed by atoms with Gasteiger partial charge < -0.3 is 19.7 Å². The molecule has 0 spiro atoms. The highest BCUT2D eigenvalue weighted by molar-refractivity contribution is 7.98. The molecular weight excluding hydrogens is 400 g/mol. The molecule has 0 saturated carbocycles. The van der Waals surface area contributed by atoms with Gasteiger partial charge in [0.05, 0.1) is 19.8 Å². The predicted octanol–water partition coefficient (Wildman–Crippen LogP) is 4.10. The van der Waals surface area contributed by atoms with Crippen LogP contribution in [0.15, 0.2) is 59.9 Å². The second kappa shape index (κ2) is 9.98. The van der Waals surface area contributed by atoms with Crippen LogP contribution in [0.1, 0.15) is 15.9 Å². The molecule has 0 bridgehead atoms. The Morgan fingerprint density at radius 2 is 1.83 bits per heavy atom. The minimum atomic E-state index is -0.219. The third-order valence-corrected chi connectivity index (χ3v) is 5.39. The quantitative estimate of drug-likeness (QED) is 0.546. The fourth-order valence-corrected chi connectivity index (χ4v) is 3.72. The molecule has 8 heteroatoms. The Balaban J connectivity index is 1.86. The average Bonchev–Trinajstić information content (AvgIpc) is 2.77. The van der Waals surface area contributed by atoms with E-state index in [1.165, 1.54) is 11.8 Å². The maximum absolute atomic E-state index is 12.9. The molecule has 0 aliphatic rings. The molecule has 1 amide bonds. The van der Waals surface area contributed by atoms with Gasteiger partial charge in [-0.3, -0.25) is 9.78 Å². The highest BCUT2D eigenvalue weighted by atomic mass is 32.2. The summed E-state index contributed by atoms with van der Waals surface area (Å²) in [4.78, 5) is 23.5. The number of nitrogens with zero attached hydrogens (tertiary/aromatic N) is 3. The van der Waals surface area contributed by atoms with Crippen molar-refractivity contribution in [2.45, 2.75) is 10.8 Å². The first kappa shape index (κ1) is 21.4. The lowest BCUT2D eigenvalue weighted by molar-refractivity contribution is 0.102. The summed E-state index contributed by atoms with van der Waals surface area (Å²) in [5.74, 6) is 2.61. The van der Waals surface area contributed by atoms with Gasteiger partial charge in [0.1, 0.15) is 22.3 Å². The normalized spacial score (nSPS) is 10.4. The molecular formula is C22H24N4O3S. The Kier molecular flexibility index (Phi) is 7.13. The number of anilines is 2. The number of thioether (sulfide) groups is 1. The number of carbonyl (C=O) groups excluding carboxylic acids is 1. The number of benzene rings is 1. The highest BCUT2D eigenvalue weighted by Gasteiger charge is 2.16. The Morgan fingerprint density at radius 1 is 1.07 bits per heavy atom. The Bertz CT molecular complexity index is 1010. The molecule has 0 fully saturated rings. The number of methoxy groups -OCH3 is 2. The molecule has 2 heterocycles. The summed E-state index contributed by atoms with van der Waals surface area (Å²) >= 11 is 1.48. The van der Waals surface area contributed by atoms with Crippen LogP contribution in [0.2, 0.25) is 0 Å². The number of nitrogens with one attached hydrogen (secondary N) is 1. The third kappa shape index (κ3) is 5.21. The van der Waals surface area contributed by atoms with Gasteiger partial charge in [-0.25, -0.2) is 4.98 Å². The molecule has 0 aliphatic heterocycles. The summed E-state index contributed by atoms with van der Waals surface area (Å²) in [6.45, 7) is 0. The lowest BCUT2D eigenvalue weighted by atomic mass is 10.2. The van der Waals surface area contributed by atoms with Crippen LogP contribution in [-0.4, -0.2) is 44.2 Å². The van der Waals surface area contributed by atoms with Crippen molar-refractivity contribution < 1.29 is 14.3 Å². The van der Waals surface area contributed by atoms with Crippen LogP contribution in [0, 0.1) is 0 Å². The highest BCUT2D eigenvalue weighted by Crippen LogP contribution is 2.32. The first-order valence-corrected chi connectivity index (χ1v) is 10.2. The topological polar surface area (TPSA) is 76.6 Å². The summed E-state index contributed by atoms with van der Waals surface area (Å²) in [7, 11) is 7.08. The standard InChI is InChI=1S/C22H24N4O3S/c1-26(2)20-8-7-18(21(27)24-16-9-11-23-12-10-16)22(25-20)30-14-15-5-6-17(28-3)13-19(15)29-4/h5-13H,14H2,1-4H3,(H,23,24,27). The first-order valence-electron chi connectivity index (χ1n) is 9.25. The third-order valence-electron chi connectivity index (χ3n) is 4.35. The van der Waals surface area contributed by atoms with Crippen LogP contribution in [0.4, 0.5) is 11.5 Å². The maximum Gasteiger partial charge on any atom is 0.258 e. The molecule has 0 unspecified atom stereocenters. The van der Waals surface area contributed by atoms with Gasteiger partial charge in [-0.05, 0) is 30.3 Å². The van der Waals surface area contributed by atoms with E-state index in [0.717, 1.165) is 22.9 Å². The molecule has 7 nitrogen and oxygen atoms in total. The van der Waals surface area contributed by atoms with E-state index < -0.39 is 0 Å². The number of carbonyl (C=O) groups is 1. The van der Waals surface area contributed by atoms with E-state index in [4.69, 9.17) is 9.47 Å². The van der Waals surface area contributed by atoms with Crippen LogP contribution in [0.25, 0.3) is 0 Å². The number of rotatable bonds is 8. The summed E-state index contributed by atoms with van der Waals surface area (Å²) in [5.41, 5.74) is 2.18. The second-order valence-corrected chi connectivity index (χ2v) is 7.54. The average molecular weight is 425 g/mol. The van der Waals surface area contributed by atoms with Crippen LogP contribution in [-0.2, 0) is 5.75 Å². The van der Waals surface area contributed by atoms with Gasteiger partial charge in [0, 0.05) is 49.6 Å². The van der Waals surface area contributed by atoms with E-state index in [1.807, 2.05) is 43.3 Å². The number of pyridine rings is 2. The summed E-state index contributed by atoms with van der Waals surface area (Å²) < 4.78 is 10.7. The molecule has 3 aromatic rings. The Labute approximate surface area is 180 Å². The van der Waals surface area contributed by atoms with Crippen molar-refractivity contribution in [2.24, 2.45) is 0 Å². The van der Waals surface area contributed by atoms with E-state index in [9.17, 15) is 4.79 Å². The van der Waals surface area contributed by atoms with Gasteiger partial charge in [0.15, 0.2) is 0 Å². The maximum atomic E-state index is 12.9. The zero-order valence-corrected chi connectivity index (χ0v) is 18.2. The van der Waals surface area contributed by atoms with Gasteiger partial charge in [-0.2, -0.15) is 0 Å². The number of hydrogen-bond acceptors (Lipinski definition) is 7. The lowest BCUT2D eigenvalue weighted by Crippen LogP contribution is -2.16. The second-order valence-electron chi connectivity index (χ2n) is 6.57. The van der Waals surface area contributed by atoms with Gasteiger partial charge in [0.25, 0.3) is 5.91 Å². The molecule has 0 radical (unpaired) electrons. The Hall–Kier alpha value is -3.26. The van der Waals surface area contributed by atoms with E-state index in [2.05, 4.69) is 15.3 Å². The van der Waals surface area contributed by atoms with Crippen molar-refractivity contribution in [3.05, 3.63) is 66.0 Å². The molecule has 0 aliphatic carbocycles.